The van der Waals surface area contributed by atoms with E-state index in [4.69, 9.17) is 0 Å². The van der Waals surface area contributed by atoms with Crippen molar-refractivity contribution in [1.29, 1.82) is 0 Å². The van der Waals surface area contributed by atoms with E-state index in [9.17, 15) is 0 Å². The third kappa shape index (κ3) is 15.9. The minimum Gasteiger partial charge on any atom is -0.314 e. The molecular weight excluding hydrogens is 544 g/mol. The van der Waals surface area contributed by atoms with Gasteiger partial charge in [-0.05, 0) is 0 Å². The van der Waals surface area contributed by atoms with Gasteiger partial charge in [-0.1, -0.05) is 0 Å². The molecule has 174 valence electrons. The number of hydrogen-bond acceptors (Lipinski definition) is 8. The van der Waals surface area contributed by atoms with Gasteiger partial charge in [-0.25, -0.2) is 0 Å². The Balaban J connectivity index is 0.00000364. The van der Waals surface area contributed by atoms with Crippen LogP contribution in [0, 0.1) is 0 Å². The molecule has 3 aliphatic heterocycles. The molecule has 2 bridgehead atoms. The maximum atomic E-state index is 3.58. The van der Waals surface area contributed by atoms with Gasteiger partial charge in [0, 0.05) is 118 Å². The van der Waals surface area contributed by atoms with Crippen LogP contribution in [0.2, 0.25) is 0 Å². The Morgan fingerprint density at radius 1 is 0.286 bits per heavy atom. The molecule has 0 aliphatic carbocycles. The van der Waals surface area contributed by atoms with E-state index in [0.29, 0.717) is 0 Å². The average Bonchev–Trinajstić information content (AvgIpc) is 2.65. The molecular formula is C18H42Ag2N8+2. The van der Waals surface area contributed by atoms with Crippen LogP contribution in [0.15, 0.2) is 0 Å². The SMILES string of the molecule is C1CNCCN2CCNCCNCCN(CCN1)CCNCCNCC2.[Ag+].[Ag+]. The van der Waals surface area contributed by atoms with Crippen molar-refractivity contribution in [3.63, 3.8) is 0 Å². The van der Waals surface area contributed by atoms with Gasteiger partial charge < -0.3 is 31.9 Å². The van der Waals surface area contributed by atoms with Crippen molar-refractivity contribution in [3.05, 3.63) is 0 Å². The first kappa shape index (κ1) is 29.2. The Hall–Kier alpha value is 1.16. The second kappa shape index (κ2) is 21.4. The van der Waals surface area contributed by atoms with Gasteiger partial charge in [0.1, 0.15) is 0 Å². The van der Waals surface area contributed by atoms with Gasteiger partial charge in [0.25, 0.3) is 0 Å². The summed E-state index contributed by atoms with van der Waals surface area (Å²) in [7, 11) is 0. The van der Waals surface area contributed by atoms with Gasteiger partial charge in [-0.3, -0.25) is 9.80 Å². The van der Waals surface area contributed by atoms with E-state index < -0.39 is 0 Å². The molecule has 0 saturated carbocycles. The van der Waals surface area contributed by atoms with Crippen molar-refractivity contribution < 1.29 is 44.8 Å². The molecule has 0 unspecified atom stereocenters. The van der Waals surface area contributed by atoms with Crippen molar-refractivity contribution >= 4 is 0 Å². The van der Waals surface area contributed by atoms with Crippen molar-refractivity contribution in [3.8, 4) is 0 Å². The summed E-state index contributed by atoms with van der Waals surface area (Å²) >= 11 is 0. The quantitative estimate of drug-likeness (QED) is 0.170. The summed E-state index contributed by atoms with van der Waals surface area (Å²) in [4.78, 5) is 5.12. The third-order valence-corrected chi connectivity index (χ3v) is 5.06. The Morgan fingerprint density at radius 2 is 0.464 bits per heavy atom. The fourth-order valence-electron chi connectivity index (χ4n) is 3.37. The van der Waals surface area contributed by atoms with Crippen LogP contribution in [0.5, 0.6) is 0 Å². The predicted octanol–water partition coefficient (Wildman–Crippen LogP) is -2.85. The number of rotatable bonds is 0. The van der Waals surface area contributed by atoms with E-state index in [1.807, 2.05) is 0 Å². The maximum absolute atomic E-state index is 3.58. The number of nitrogens with zero attached hydrogens (tertiary/aromatic N) is 2. The first-order chi connectivity index (χ1) is 12.9. The minimum atomic E-state index is 0. The van der Waals surface area contributed by atoms with Crippen LogP contribution in [0.25, 0.3) is 0 Å². The molecule has 0 aromatic heterocycles. The molecule has 28 heavy (non-hydrogen) atoms. The minimum absolute atomic E-state index is 0. The summed E-state index contributed by atoms with van der Waals surface area (Å²) in [5, 5.41) is 21.5. The van der Waals surface area contributed by atoms with Crippen LogP contribution in [0.4, 0.5) is 0 Å². The van der Waals surface area contributed by atoms with Crippen molar-refractivity contribution in [2.45, 2.75) is 0 Å². The Morgan fingerprint density at radius 3 is 0.643 bits per heavy atom. The number of hydrogen-bond donors (Lipinski definition) is 6. The molecule has 0 aromatic rings. The monoisotopic (exact) mass is 584 g/mol. The zero-order valence-electron chi connectivity index (χ0n) is 17.2. The molecule has 3 saturated heterocycles. The van der Waals surface area contributed by atoms with Gasteiger partial charge in [-0.2, -0.15) is 0 Å². The van der Waals surface area contributed by atoms with E-state index in [2.05, 4.69) is 41.7 Å². The van der Waals surface area contributed by atoms with Crippen LogP contribution in [-0.2, 0) is 44.8 Å². The molecule has 3 fully saturated rings. The van der Waals surface area contributed by atoms with Crippen molar-refractivity contribution in [2.24, 2.45) is 0 Å². The van der Waals surface area contributed by atoms with E-state index in [1.165, 1.54) is 0 Å². The molecule has 3 heterocycles. The zero-order chi connectivity index (χ0) is 18.1. The standard InChI is InChI=1S/C18H42N8.2Ag/c1-2-20-8-14-26-17-11-23-5-3-21-9-15-25(13-7-19-1)16-10-22-4-6-24-12-18-26;;/h19-24H,1-18H2;;/q;2*+1. The number of nitrogens with one attached hydrogen (secondary N) is 6. The van der Waals surface area contributed by atoms with Gasteiger partial charge in [0.05, 0.1) is 0 Å². The Bertz CT molecular complexity index is 250. The summed E-state index contributed by atoms with van der Waals surface area (Å²) in [6, 6.07) is 0. The average molecular weight is 586 g/mol. The first-order valence-corrected chi connectivity index (χ1v) is 10.6. The second-order valence-corrected chi connectivity index (χ2v) is 7.18. The van der Waals surface area contributed by atoms with Gasteiger partial charge in [0.15, 0.2) is 0 Å². The molecule has 8 nitrogen and oxygen atoms in total. The Labute approximate surface area is 203 Å². The van der Waals surface area contributed by atoms with Crippen LogP contribution < -0.4 is 31.9 Å². The van der Waals surface area contributed by atoms with Crippen LogP contribution in [0.1, 0.15) is 0 Å². The molecule has 0 radical (unpaired) electrons. The van der Waals surface area contributed by atoms with Crippen LogP contribution >= 0.6 is 0 Å². The summed E-state index contributed by atoms with van der Waals surface area (Å²) < 4.78 is 0. The predicted molar refractivity (Wildman–Crippen MR) is 110 cm³/mol. The summed E-state index contributed by atoms with van der Waals surface area (Å²) in [5.41, 5.74) is 0. The smallest absolute Gasteiger partial charge is 0.314 e. The Kier molecular flexibility index (Phi) is 22.3. The van der Waals surface area contributed by atoms with E-state index in [-0.39, 0.29) is 44.8 Å². The second-order valence-electron chi connectivity index (χ2n) is 7.18. The molecule has 0 aromatic carbocycles. The third-order valence-electron chi connectivity index (χ3n) is 5.06. The summed E-state index contributed by atoms with van der Waals surface area (Å²) in [5.74, 6) is 0. The van der Waals surface area contributed by atoms with Gasteiger partial charge in [-0.15, -0.1) is 0 Å². The van der Waals surface area contributed by atoms with Crippen molar-refractivity contribution in [2.75, 3.05) is 118 Å². The van der Waals surface area contributed by atoms with E-state index in [0.717, 1.165) is 118 Å². The number of fused-ring (bicyclic) bond motifs is 21. The molecule has 0 atom stereocenters. The molecule has 3 rings (SSSR count). The fourth-order valence-corrected chi connectivity index (χ4v) is 3.37. The first-order valence-electron chi connectivity index (χ1n) is 10.6. The molecule has 10 heteroatoms. The fraction of sp³-hybridized carbons (Fsp3) is 1.00. The normalized spacial score (nSPS) is 28.3. The van der Waals surface area contributed by atoms with Crippen LogP contribution in [0.3, 0.4) is 0 Å². The molecule has 0 spiro atoms. The van der Waals surface area contributed by atoms with Gasteiger partial charge >= 0.3 is 44.8 Å². The molecule has 3 aliphatic rings. The van der Waals surface area contributed by atoms with Crippen molar-refractivity contribution in [1.82, 2.24) is 41.7 Å². The maximum Gasteiger partial charge on any atom is 1.00 e. The van der Waals surface area contributed by atoms with Gasteiger partial charge in [0.2, 0.25) is 0 Å². The van der Waals surface area contributed by atoms with E-state index >= 15 is 0 Å². The molecule has 6 N–H and O–H groups in total. The topological polar surface area (TPSA) is 78.7 Å². The molecule has 0 amide bonds. The zero-order valence-corrected chi connectivity index (χ0v) is 20.2. The largest absolute Gasteiger partial charge is 1.00 e. The summed E-state index contributed by atoms with van der Waals surface area (Å²) in [6.45, 7) is 19.4. The summed E-state index contributed by atoms with van der Waals surface area (Å²) in [6.07, 6.45) is 0. The van der Waals surface area contributed by atoms with E-state index in [1.54, 1.807) is 0 Å². The van der Waals surface area contributed by atoms with Crippen LogP contribution in [-0.4, -0.2) is 128 Å².